The van der Waals surface area contributed by atoms with Crippen LogP contribution in [0, 0.1) is 5.92 Å². The fourth-order valence-corrected chi connectivity index (χ4v) is 1.20. The van der Waals surface area contributed by atoms with Crippen LogP contribution in [0.1, 0.15) is 40.5 Å². The van der Waals surface area contributed by atoms with E-state index in [1.165, 1.54) is 0 Å². The van der Waals surface area contributed by atoms with Crippen molar-refractivity contribution in [3.05, 3.63) is 0 Å². The van der Waals surface area contributed by atoms with Crippen molar-refractivity contribution in [3.63, 3.8) is 0 Å². The molecule has 2 heteroatoms. The quantitative estimate of drug-likeness (QED) is 0.600. The minimum absolute atomic E-state index is 0.385. The van der Waals surface area contributed by atoms with Crippen molar-refractivity contribution in [2.45, 2.75) is 46.1 Å². The monoisotopic (exact) mass is 173 g/mol. The molecule has 2 atom stereocenters. The van der Waals surface area contributed by atoms with Crippen LogP contribution in [0.4, 0.5) is 0 Å². The van der Waals surface area contributed by atoms with Gasteiger partial charge in [-0.2, -0.15) is 0 Å². The molecule has 0 aromatic carbocycles. The third kappa shape index (κ3) is 4.07. The van der Waals surface area contributed by atoms with Gasteiger partial charge in [0.1, 0.15) is 0 Å². The van der Waals surface area contributed by atoms with E-state index in [0.29, 0.717) is 5.92 Å². The highest BCUT2D eigenvalue weighted by molar-refractivity contribution is 4.78. The second kappa shape index (κ2) is 5.55. The van der Waals surface area contributed by atoms with E-state index in [4.69, 9.17) is 0 Å². The van der Waals surface area contributed by atoms with Gasteiger partial charge in [-0.05, 0) is 32.4 Å². The molecule has 0 rings (SSSR count). The molecule has 0 amide bonds. The summed E-state index contributed by atoms with van der Waals surface area (Å²) in [5.41, 5.74) is -0.503. The van der Waals surface area contributed by atoms with Crippen molar-refractivity contribution < 1.29 is 5.11 Å². The van der Waals surface area contributed by atoms with Crippen molar-refractivity contribution in [2.24, 2.45) is 5.92 Å². The summed E-state index contributed by atoms with van der Waals surface area (Å²) in [5.74, 6) is 0.385. The summed E-state index contributed by atoms with van der Waals surface area (Å²) >= 11 is 0. The third-order valence-electron chi connectivity index (χ3n) is 2.73. The zero-order valence-corrected chi connectivity index (χ0v) is 8.85. The molecule has 0 fully saturated rings. The van der Waals surface area contributed by atoms with E-state index >= 15 is 0 Å². The van der Waals surface area contributed by atoms with Crippen molar-refractivity contribution in [2.75, 3.05) is 13.1 Å². The second-order valence-corrected chi connectivity index (χ2v) is 3.77. The van der Waals surface area contributed by atoms with Gasteiger partial charge in [0.15, 0.2) is 0 Å². The summed E-state index contributed by atoms with van der Waals surface area (Å²) in [6.07, 6.45) is 1.88. The van der Waals surface area contributed by atoms with Crippen molar-refractivity contribution in [1.82, 2.24) is 5.32 Å². The lowest BCUT2D eigenvalue weighted by Gasteiger charge is -2.29. The minimum atomic E-state index is -0.503. The molecule has 0 aromatic heterocycles. The fraction of sp³-hybridized carbons (Fsp3) is 1.00. The molecule has 0 aliphatic heterocycles. The van der Waals surface area contributed by atoms with Gasteiger partial charge in [0.2, 0.25) is 0 Å². The van der Waals surface area contributed by atoms with Gasteiger partial charge < -0.3 is 10.4 Å². The van der Waals surface area contributed by atoms with Crippen molar-refractivity contribution in [3.8, 4) is 0 Å². The van der Waals surface area contributed by atoms with Gasteiger partial charge in [0.05, 0.1) is 5.60 Å². The molecule has 2 N–H and O–H groups in total. The standard InChI is InChI=1S/C10H23NO/c1-5-9(3)10(4,12)7-8-11-6-2/h9,11-12H,5-8H2,1-4H3. The summed E-state index contributed by atoms with van der Waals surface area (Å²) < 4.78 is 0. The molecule has 2 nitrogen and oxygen atoms in total. The zero-order chi connectivity index (χ0) is 9.61. The SMILES string of the molecule is CCNCCC(C)(O)C(C)CC. The van der Waals surface area contributed by atoms with Gasteiger partial charge in [-0.15, -0.1) is 0 Å². The Morgan fingerprint density at radius 3 is 2.42 bits per heavy atom. The Hall–Kier alpha value is -0.0800. The fourth-order valence-electron chi connectivity index (χ4n) is 1.20. The number of aliphatic hydroxyl groups is 1. The molecule has 0 spiro atoms. The normalized spacial score (nSPS) is 18.8. The summed E-state index contributed by atoms with van der Waals surface area (Å²) in [4.78, 5) is 0. The first-order chi connectivity index (χ1) is 5.54. The lowest BCUT2D eigenvalue weighted by Crippen LogP contribution is -2.36. The van der Waals surface area contributed by atoms with Crippen LogP contribution < -0.4 is 5.32 Å². The number of rotatable bonds is 6. The largest absolute Gasteiger partial charge is 0.390 e. The molecule has 0 heterocycles. The summed E-state index contributed by atoms with van der Waals surface area (Å²) in [6, 6.07) is 0. The molecule has 0 aliphatic carbocycles. The zero-order valence-electron chi connectivity index (χ0n) is 8.85. The van der Waals surface area contributed by atoms with Gasteiger partial charge in [0, 0.05) is 0 Å². The Morgan fingerprint density at radius 2 is 2.00 bits per heavy atom. The Balaban J connectivity index is 3.70. The Labute approximate surface area is 76.4 Å². The third-order valence-corrected chi connectivity index (χ3v) is 2.73. The summed E-state index contributed by atoms with van der Waals surface area (Å²) in [7, 11) is 0. The van der Waals surface area contributed by atoms with E-state index in [0.717, 1.165) is 25.9 Å². The van der Waals surface area contributed by atoms with Crippen LogP contribution in [-0.4, -0.2) is 23.8 Å². The predicted octanol–water partition coefficient (Wildman–Crippen LogP) is 1.78. The summed E-state index contributed by atoms with van der Waals surface area (Å²) in [6.45, 7) is 10.1. The molecular formula is C10H23NO. The Bertz CT molecular complexity index is 112. The van der Waals surface area contributed by atoms with E-state index in [-0.39, 0.29) is 0 Å². The average Bonchev–Trinajstić information content (AvgIpc) is 2.03. The lowest BCUT2D eigenvalue weighted by atomic mass is 9.86. The van der Waals surface area contributed by atoms with Crippen molar-refractivity contribution in [1.29, 1.82) is 0 Å². The maximum absolute atomic E-state index is 9.97. The molecule has 12 heavy (non-hydrogen) atoms. The smallest absolute Gasteiger partial charge is 0.0657 e. The molecule has 0 aliphatic rings. The second-order valence-electron chi connectivity index (χ2n) is 3.77. The molecule has 0 saturated heterocycles. The van der Waals surface area contributed by atoms with Gasteiger partial charge >= 0.3 is 0 Å². The maximum atomic E-state index is 9.97. The topological polar surface area (TPSA) is 32.3 Å². The number of nitrogens with one attached hydrogen (secondary N) is 1. The first kappa shape index (κ1) is 11.9. The molecule has 0 saturated carbocycles. The lowest BCUT2D eigenvalue weighted by molar-refractivity contribution is -0.00254. The van der Waals surface area contributed by atoms with Crippen LogP contribution in [-0.2, 0) is 0 Å². The molecule has 0 radical (unpaired) electrons. The van der Waals surface area contributed by atoms with Gasteiger partial charge in [-0.25, -0.2) is 0 Å². The molecule has 0 bridgehead atoms. The first-order valence-electron chi connectivity index (χ1n) is 4.97. The van der Waals surface area contributed by atoms with E-state index in [2.05, 4.69) is 26.1 Å². The van der Waals surface area contributed by atoms with E-state index in [9.17, 15) is 5.11 Å². The van der Waals surface area contributed by atoms with Crippen LogP contribution in [0.2, 0.25) is 0 Å². The van der Waals surface area contributed by atoms with Gasteiger partial charge in [-0.1, -0.05) is 27.2 Å². The highest BCUT2D eigenvalue weighted by atomic mass is 16.3. The van der Waals surface area contributed by atoms with Crippen LogP contribution >= 0.6 is 0 Å². The Kier molecular flexibility index (Phi) is 5.51. The summed E-state index contributed by atoms with van der Waals surface area (Å²) in [5, 5.41) is 13.2. The van der Waals surface area contributed by atoms with E-state index < -0.39 is 5.60 Å². The molecular weight excluding hydrogens is 150 g/mol. The van der Waals surface area contributed by atoms with E-state index in [1.807, 2.05) is 6.92 Å². The van der Waals surface area contributed by atoms with Crippen LogP contribution in [0.3, 0.4) is 0 Å². The molecule has 74 valence electrons. The van der Waals surface area contributed by atoms with Gasteiger partial charge in [0.25, 0.3) is 0 Å². The Morgan fingerprint density at radius 1 is 1.42 bits per heavy atom. The minimum Gasteiger partial charge on any atom is -0.390 e. The van der Waals surface area contributed by atoms with Crippen molar-refractivity contribution >= 4 is 0 Å². The molecule has 0 aromatic rings. The van der Waals surface area contributed by atoms with Gasteiger partial charge in [-0.3, -0.25) is 0 Å². The number of hydrogen-bond acceptors (Lipinski definition) is 2. The highest BCUT2D eigenvalue weighted by Crippen LogP contribution is 2.22. The van der Waals surface area contributed by atoms with Crippen LogP contribution in [0.15, 0.2) is 0 Å². The van der Waals surface area contributed by atoms with Crippen LogP contribution in [0.25, 0.3) is 0 Å². The average molecular weight is 173 g/mol. The first-order valence-corrected chi connectivity index (χ1v) is 4.97. The molecule has 2 unspecified atom stereocenters. The maximum Gasteiger partial charge on any atom is 0.0657 e. The van der Waals surface area contributed by atoms with Crippen LogP contribution in [0.5, 0.6) is 0 Å². The highest BCUT2D eigenvalue weighted by Gasteiger charge is 2.25. The van der Waals surface area contributed by atoms with E-state index in [1.54, 1.807) is 0 Å². The number of hydrogen-bond donors (Lipinski definition) is 2. The predicted molar refractivity (Wildman–Crippen MR) is 53.2 cm³/mol.